The Hall–Kier alpha value is 0.350. The highest BCUT2D eigenvalue weighted by Crippen LogP contribution is 2.14. The Balaban J connectivity index is 3.29. The molecule has 0 heterocycles. The maximum Gasteiger partial charge on any atom is -0.00696 e. The van der Waals surface area contributed by atoms with Gasteiger partial charge in [0.05, 0.1) is 0 Å². The topological polar surface area (TPSA) is 0 Å². The van der Waals surface area contributed by atoms with E-state index in [9.17, 15) is 0 Å². The van der Waals surface area contributed by atoms with Crippen molar-refractivity contribution in [2.45, 2.75) is 27.2 Å². The molecule has 0 N–H and O–H groups in total. The van der Waals surface area contributed by atoms with Crippen molar-refractivity contribution in [1.82, 2.24) is 0 Å². The highest BCUT2D eigenvalue weighted by molar-refractivity contribution is 7.80. The van der Waals surface area contributed by atoms with Gasteiger partial charge in [-0.1, -0.05) is 27.2 Å². The smallest absolute Gasteiger partial charge is 0.00696 e. The molecular formula is C7H16S. The van der Waals surface area contributed by atoms with Crippen molar-refractivity contribution >= 4 is 12.6 Å². The molecule has 0 rings (SSSR count). The first-order valence-corrected chi connectivity index (χ1v) is 3.96. The van der Waals surface area contributed by atoms with Gasteiger partial charge in [0.2, 0.25) is 0 Å². The second kappa shape index (κ2) is 4.25. The van der Waals surface area contributed by atoms with Gasteiger partial charge in [0.15, 0.2) is 0 Å². The molecule has 50 valence electrons. The summed E-state index contributed by atoms with van der Waals surface area (Å²) in [6, 6.07) is 0. The first-order valence-electron chi connectivity index (χ1n) is 3.33. The SMILES string of the molecule is CCC(C)C(C)CS. The number of thiol groups is 1. The molecule has 0 aromatic rings. The third kappa shape index (κ3) is 2.61. The van der Waals surface area contributed by atoms with Crippen molar-refractivity contribution in [1.29, 1.82) is 0 Å². The van der Waals surface area contributed by atoms with Gasteiger partial charge in [-0.2, -0.15) is 12.6 Å². The van der Waals surface area contributed by atoms with Gasteiger partial charge >= 0.3 is 0 Å². The summed E-state index contributed by atoms with van der Waals surface area (Å²) in [5, 5.41) is 0. The van der Waals surface area contributed by atoms with Gasteiger partial charge in [0.25, 0.3) is 0 Å². The maximum absolute atomic E-state index is 4.21. The average Bonchev–Trinajstić information content (AvgIpc) is 1.84. The Bertz CT molecular complexity index is 44.3. The summed E-state index contributed by atoms with van der Waals surface area (Å²) < 4.78 is 0. The summed E-state index contributed by atoms with van der Waals surface area (Å²) in [5.74, 6) is 2.64. The third-order valence-corrected chi connectivity index (χ3v) is 2.48. The lowest BCUT2D eigenvalue weighted by Gasteiger charge is -2.14. The summed E-state index contributed by atoms with van der Waals surface area (Å²) in [4.78, 5) is 0. The lowest BCUT2D eigenvalue weighted by atomic mass is 9.96. The molecule has 8 heavy (non-hydrogen) atoms. The van der Waals surface area contributed by atoms with E-state index in [0.29, 0.717) is 0 Å². The van der Waals surface area contributed by atoms with E-state index < -0.39 is 0 Å². The van der Waals surface area contributed by atoms with E-state index in [-0.39, 0.29) is 0 Å². The Morgan fingerprint density at radius 3 is 1.88 bits per heavy atom. The van der Waals surface area contributed by atoms with Crippen LogP contribution in [0.15, 0.2) is 0 Å². The molecule has 2 unspecified atom stereocenters. The highest BCUT2D eigenvalue weighted by Gasteiger charge is 2.06. The van der Waals surface area contributed by atoms with Gasteiger partial charge in [-0.25, -0.2) is 0 Å². The van der Waals surface area contributed by atoms with Crippen molar-refractivity contribution in [2.24, 2.45) is 11.8 Å². The molecule has 0 aromatic carbocycles. The molecule has 0 bridgehead atoms. The third-order valence-electron chi connectivity index (χ3n) is 1.90. The van der Waals surface area contributed by atoms with Crippen molar-refractivity contribution in [3.63, 3.8) is 0 Å². The predicted molar refractivity (Wildman–Crippen MR) is 42.5 cm³/mol. The quantitative estimate of drug-likeness (QED) is 0.561. The van der Waals surface area contributed by atoms with E-state index in [0.717, 1.165) is 17.6 Å². The summed E-state index contributed by atoms with van der Waals surface area (Å²) in [6.45, 7) is 6.76. The van der Waals surface area contributed by atoms with E-state index in [2.05, 4.69) is 33.4 Å². The maximum atomic E-state index is 4.21. The van der Waals surface area contributed by atoms with Gasteiger partial charge in [0.1, 0.15) is 0 Å². The van der Waals surface area contributed by atoms with E-state index in [4.69, 9.17) is 0 Å². The molecule has 0 amide bonds. The fourth-order valence-electron chi connectivity index (χ4n) is 0.582. The molecule has 1 heteroatoms. The van der Waals surface area contributed by atoms with Crippen LogP contribution in [0.2, 0.25) is 0 Å². The molecular weight excluding hydrogens is 116 g/mol. The standard InChI is InChI=1S/C7H16S/c1-4-6(2)7(3)5-8/h6-8H,4-5H2,1-3H3. The van der Waals surface area contributed by atoms with Crippen LogP contribution in [-0.4, -0.2) is 5.75 Å². The van der Waals surface area contributed by atoms with Crippen LogP contribution in [-0.2, 0) is 0 Å². The van der Waals surface area contributed by atoms with Gasteiger partial charge in [-0.15, -0.1) is 0 Å². The normalized spacial score (nSPS) is 18.0. The van der Waals surface area contributed by atoms with Crippen molar-refractivity contribution in [3.8, 4) is 0 Å². The second-order valence-corrected chi connectivity index (χ2v) is 2.91. The lowest BCUT2D eigenvalue weighted by Crippen LogP contribution is -2.07. The molecule has 0 spiro atoms. The molecule has 0 aliphatic heterocycles. The Labute approximate surface area is 58.1 Å². The minimum absolute atomic E-state index is 0.781. The lowest BCUT2D eigenvalue weighted by molar-refractivity contribution is 0.414. The van der Waals surface area contributed by atoms with Crippen LogP contribution in [0.25, 0.3) is 0 Å². The Morgan fingerprint density at radius 1 is 1.25 bits per heavy atom. The molecule has 0 aliphatic carbocycles. The molecule has 0 saturated carbocycles. The summed E-state index contributed by atoms with van der Waals surface area (Å²) in [7, 11) is 0. The fraction of sp³-hybridized carbons (Fsp3) is 1.00. The van der Waals surface area contributed by atoms with Gasteiger partial charge in [0, 0.05) is 0 Å². The van der Waals surface area contributed by atoms with Crippen LogP contribution in [0.1, 0.15) is 27.2 Å². The summed E-state index contributed by atoms with van der Waals surface area (Å²) >= 11 is 4.21. The monoisotopic (exact) mass is 132 g/mol. The van der Waals surface area contributed by atoms with E-state index in [1.807, 2.05) is 0 Å². The largest absolute Gasteiger partial charge is 0.179 e. The summed E-state index contributed by atoms with van der Waals surface area (Å²) in [6.07, 6.45) is 1.28. The fourth-order valence-corrected chi connectivity index (χ4v) is 0.942. The molecule has 0 saturated heterocycles. The van der Waals surface area contributed by atoms with E-state index in [1.54, 1.807) is 0 Å². The number of hydrogen-bond acceptors (Lipinski definition) is 1. The molecule has 0 aliphatic rings. The first-order chi connectivity index (χ1) is 3.72. The van der Waals surface area contributed by atoms with Gasteiger partial charge < -0.3 is 0 Å². The van der Waals surface area contributed by atoms with Crippen LogP contribution in [0.5, 0.6) is 0 Å². The first kappa shape index (κ1) is 8.35. The molecule has 0 aromatic heterocycles. The molecule has 0 fully saturated rings. The van der Waals surface area contributed by atoms with Crippen LogP contribution in [0, 0.1) is 11.8 Å². The van der Waals surface area contributed by atoms with E-state index in [1.165, 1.54) is 6.42 Å². The zero-order valence-electron chi connectivity index (χ0n) is 6.02. The Morgan fingerprint density at radius 2 is 1.75 bits per heavy atom. The second-order valence-electron chi connectivity index (χ2n) is 2.55. The number of rotatable bonds is 3. The van der Waals surface area contributed by atoms with Crippen LogP contribution in [0.4, 0.5) is 0 Å². The zero-order valence-corrected chi connectivity index (χ0v) is 6.91. The number of hydrogen-bond donors (Lipinski definition) is 1. The van der Waals surface area contributed by atoms with Crippen LogP contribution in [0.3, 0.4) is 0 Å². The van der Waals surface area contributed by atoms with Gasteiger partial charge in [-0.3, -0.25) is 0 Å². The molecule has 2 atom stereocenters. The predicted octanol–water partition coefficient (Wildman–Crippen LogP) is 2.60. The van der Waals surface area contributed by atoms with Crippen molar-refractivity contribution in [2.75, 3.05) is 5.75 Å². The van der Waals surface area contributed by atoms with Crippen LogP contribution >= 0.6 is 12.6 Å². The van der Waals surface area contributed by atoms with Gasteiger partial charge in [-0.05, 0) is 17.6 Å². The minimum Gasteiger partial charge on any atom is -0.179 e. The summed E-state index contributed by atoms with van der Waals surface area (Å²) in [5.41, 5.74) is 0. The molecule has 0 radical (unpaired) electrons. The minimum atomic E-state index is 0.781. The molecule has 0 nitrogen and oxygen atoms in total. The average molecular weight is 132 g/mol. The highest BCUT2D eigenvalue weighted by atomic mass is 32.1. The van der Waals surface area contributed by atoms with Crippen molar-refractivity contribution in [3.05, 3.63) is 0 Å². The van der Waals surface area contributed by atoms with Crippen molar-refractivity contribution < 1.29 is 0 Å². The van der Waals surface area contributed by atoms with E-state index >= 15 is 0 Å². The van der Waals surface area contributed by atoms with Crippen LogP contribution < -0.4 is 0 Å². The Kier molecular flexibility index (Phi) is 4.44. The zero-order chi connectivity index (χ0) is 6.57.